The predicted octanol–water partition coefficient (Wildman–Crippen LogP) is 13.7. The van der Waals surface area contributed by atoms with Crippen molar-refractivity contribution in [3.8, 4) is 0 Å². The molecule has 0 fully saturated rings. The minimum atomic E-state index is -1.60. The lowest BCUT2D eigenvalue weighted by molar-refractivity contribution is 0.555. The molecule has 0 unspecified atom stereocenters. The molecule has 0 aliphatic rings. The maximum absolute atomic E-state index is 7.17. The zero-order chi connectivity index (χ0) is 33.8. The Morgan fingerprint density at radius 2 is 0.854 bits per heavy atom. The van der Waals surface area contributed by atoms with Crippen LogP contribution in [0.5, 0.6) is 0 Å². The Morgan fingerprint density at radius 1 is 0.479 bits per heavy atom. The molecule has 2 atom stereocenters. The van der Waals surface area contributed by atoms with Crippen LogP contribution in [0.25, 0.3) is 43.5 Å². The Kier molecular flexibility index (Phi) is 8.26. The molecule has 0 spiro atoms. The molecule has 0 saturated heterocycles. The topological polar surface area (TPSA) is 29.5 Å². The van der Waals surface area contributed by atoms with Gasteiger partial charge in [0.05, 0.1) is 0 Å². The zero-order valence-corrected chi connectivity index (χ0v) is 30.3. The number of nitrogens with zero attached hydrogens (tertiary/aromatic N) is 1. The summed E-state index contributed by atoms with van der Waals surface area (Å²) in [6.07, 6.45) is 0. The van der Waals surface area contributed by atoms with E-state index in [9.17, 15) is 0 Å². The molecular formula is C44H46NO2P. The highest BCUT2D eigenvalue weighted by atomic mass is 31.1. The lowest BCUT2D eigenvalue weighted by atomic mass is 9.86. The molecule has 48 heavy (non-hydrogen) atoms. The lowest BCUT2D eigenvalue weighted by Gasteiger charge is -2.32. The van der Waals surface area contributed by atoms with Crippen molar-refractivity contribution in [1.82, 2.24) is 0 Å². The van der Waals surface area contributed by atoms with Crippen LogP contribution in [0.3, 0.4) is 0 Å². The SMILES string of the molecule is C[C@@H](c1ccc(C(C)(C)C)cc1)N([C@@H](C)c1ccc(C(C)(C)C)cc1)p1oc2ccc3ccccc3c2c2c(ccc3ccccc32)o1. The fourth-order valence-electron chi connectivity index (χ4n) is 6.90. The van der Waals surface area contributed by atoms with Gasteiger partial charge < -0.3 is 8.39 Å². The highest BCUT2D eigenvalue weighted by Crippen LogP contribution is 2.48. The van der Waals surface area contributed by atoms with E-state index in [0.717, 1.165) is 32.7 Å². The van der Waals surface area contributed by atoms with Gasteiger partial charge in [0.2, 0.25) is 0 Å². The molecule has 0 N–H and O–H groups in total. The van der Waals surface area contributed by atoms with Crippen LogP contribution in [0.2, 0.25) is 0 Å². The van der Waals surface area contributed by atoms with Crippen molar-refractivity contribution < 1.29 is 8.39 Å². The van der Waals surface area contributed by atoms with Crippen molar-refractivity contribution in [3.63, 3.8) is 0 Å². The van der Waals surface area contributed by atoms with Gasteiger partial charge in [0, 0.05) is 22.9 Å². The van der Waals surface area contributed by atoms with Gasteiger partial charge in [0.25, 0.3) is 0 Å². The molecule has 1 heterocycles. The van der Waals surface area contributed by atoms with Crippen LogP contribution in [0.15, 0.2) is 130 Å². The minimum absolute atomic E-state index is 0.00772. The van der Waals surface area contributed by atoms with E-state index in [1.54, 1.807) is 0 Å². The Hall–Kier alpha value is -4.30. The van der Waals surface area contributed by atoms with E-state index < -0.39 is 8.16 Å². The van der Waals surface area contributed by atoms with Crippen molar-refractivity contribution in [2.75, 3.05) is 4.67 Å². The first kappa shape index (κ1) is 32.3. The number of hydrogen-bond acceptors (Lipinski definition) is 3. The van der Waals surface area contributed by atoms with Crippen molar-refractivity contribution in [3.05, 3.63) is 144 Å². The van der Waals surface area contributed by atoms with E-state index in [2.05, 4.69) is 181 Å². The summed E-state index contributed by atoms with van der Waals surface area (Å²) in [4.78, 5) is 0. The van der Waals surface area contributed by atoms with E-state index in [1.165, 1.54) is 33.0 Å². The van der Waals surface area contributed by atoms with E-state index in [0.29, 0.717) is 0 Å². The predicted molar refractivity (Wildman–Crippen MR) is 207 cm³/mol. The Morgan fingerprint density at radius 3 is 1.23 bits per heavy atom. The first-order chi connectivity index (χ1) is 22.9. The van der Waals surface area contributed by atoms with E-state index in [1.807, 2.05) is 0 Å². The summed E-state index contributed by atoms with van der Waals surface area (Å²) in [7, 11) is -1.60. The fraction of sp³-hybridized carbons (Fsp3) is 0.273. The maximum atomic E-state index is 7.17. The molecule has 0 amide bonds. The van der Waals surface area contributed by atoms with Gasteiger partial charge in [0.15, 0.2) is 0 Å². The van der Waals surface area contributed by atoms with E-state index >= 15 is 0 Å². The fourth-order valence-corrected chi connectivity index (χ4v) is 8.60. The van der Waals surface area contributed by atoms with Crippen LogP contribution >= 0.6 is 8.16 Å². The van der Waals surface area contributed by atoms with Gasteiger partial charge in [-0.1, -0.05) is 151 Å². The van der Waals surface area contributed by atoms with Crippen LogP contribution in [0.4, 0.5) is 0 Å². The summed E-state index contributed by atoms with van der Waals surface area (Å²) in [6, 6.07) is 44.0. The summed E-state index contributed by atoms with van der Waals surface area (Å²) in [5.74, 6) is 0. The highest BCUT2D eigenvalue weighted by molar-refractivity contribution is 7.39. The van der Waals surface area contributed by atoms with E-state index in [4.69, 9.17) is 8.39 Å². The minimum Gasteiger partial charge on any atom is -0.408 e. The third-order valence-corrected chi connectivity index (χ3v) is 11.7. The smallest absolute Gasteiger partial charge is 0.310 e. The van der Waals surface area contributed by atoms with Gasteiger partial charge in [-0.3, -0.25) is 0 Å². The lowest BCUT2D eigenvalue weighted by Crippen LogP contribution is -2.27. The van der Waals surface area contributed by atoms with Gasteiger partial charge >= 0.3 is 8.16 Å². The monoisotopic (exact) mass is 651 g/mol. The zero-order valence-electron chi connectivity index (χ0n) is 29.4. The van der Waals surface area contributed by atoms with Crippen molar-refractivity contribution in [1.29, 1.82) is 0 Å². The van der Waals surface area contributed by atoms with Crippen LogP contribution in [0.1, 0.15) is 89.7 Å². The van der Waals surface area contributed by atoms with Crippen molar-refractivity contribution >= 4 is 51.6 Å². The summed E-state index contributed by atoms with van der Waals surface area (Å²) < 4.78 is 16.8. The van der Waals surface area contributed by atoms with Crippen molar-refractivity contribution in [2.24, 2.45) is 0 Å². The average molecular weight is 652 g/mol. The molecule has 0 aliphatic carbocycles. The summed E-state index contributed by atoms with van der Waals surface area (Å²) in [5.41, 5.74) is 6.99. The second kappa shape index (κ2) is 12.3. The molecule has 0 radical (unpaired) electrons. The number of rotatable bonds is 5. The molecule has 4 heteroatoms. The van der Waals surface area contributed by atoms with Gasteiger partial charge in [-0.05, 0) is 80.6 Å². The molecule has 7 rings (SSSR count). The second-order valence-electron chi connectivity index (χ2n) is 15.2. The number of benzene rings is 6. The van der Waals surface area contributed by atoms with Crippen LogP contribution < -0.4 is 4.67 Å². The van der Waals surface area contributed by atoms with Gasteiger partial charge in [0.1, 0.15) is 11.2 Å². The molecule has 1 aromatic heterocycles. The molecule has 0 aliphatic heterocycles. The van der Waals surface area contributed by atoms with E-state index in [-0.39, 0.29) is 22.9 Å². The Balaban J connectivity index is 1.51. The molecular weight excluding hydrogens is 605 g/mol. The third kappa shape index (κ3) is 5.96. The van der Waals surface area contributed by atoms with Crippen LogP contribution in [0, 0.1) is 0 Å². The van der Waals surface area contributed by atoms with Gasteiger partial charge in [-0.25, -0.2) is 0 Å². The molecule has 0 saturated carbocycles. The van der Waals surface area contributed by atoms with Gasteiger partial charge in [-0.15, -0.1) is 0 Å². The van der Waals surface area contributed by atoms with Crippen molar-refractivity contribution in [2.45, 2.75) is 78.3 Å². The average Bonchev–Trinajstić information content (AvgIpc) is 3.25. The largest absolute Gasteiger partial charge is 0.408 e. The molecule has 0 bridgehead atoms. The first-order valence-corrected chi connectivity index (χ1v) is 18.2. The molecule has 7 aromatic rings. The first-order valence-electron chi connectivity index (χ1n) is 17.1. The molecule has 6 aromatic carbocycles. The molecule has 244 valence electrons. The summed E-state index contributed by atoms with van der Waals surface area (Å²) in [6.45, 7) is 18.2. The highest BCUT2D eigenvalue weighted by Gasteiger charge is 2.30. The summed E-state index contributed by atoms with van der Waals surface area (Å²) in [5, 5.41) is 6.87. The normalized spacial score (nSPS) is 13.9. The second-order valence-corrected chi connectivity index (χ2v) is 16.5. The van der Waals surface area contributed by atoms with Gasteiger partial charge in [-0.2, -0.15) is 4.67 Å². The Labute approximate surface area is 285 Å². The van der Waals surface area contributed by atoms with Crippen LogP contribution in [-0.2, 0) is 10.8 Å². The maximum Gasteiger partial charge on any atom is 0.310 e. The quantitative estimate of drug-likeness (QED) is 0.185. The summed E-state index contributed by atoms with van der Waals surface area (Å²) >= 11 is 0. The van der Waals surface area contributed by atoms with Crippen LogP contribution in [-0.4, -0.2) is 0 Å². The molecule has 3 nitrogen and oxygen atoms in total. The Bertz CT molecular complexity index is 2130. The number of fused-ring (bicyclic) bond motifs is 7. The third-order valence-electron chi connectivity index (χ3n) is 9.88. The standard InChI is InChI=1S/C44H46NO2P/c1-29(31-17-23-35(24-18-31)43(3,4)5)45(30(2)32-19-25-36(26-20-32)44(6,7)8)48-46-39-27-21-33-13-9-11-15-37(33)41(39)42-38-16-12-10-14-34(38)22-28-40(42)47-48/h9-30H,1-8H3/t29-,30-/m0/s1. The number of hydrogen-bond donors (Lipinski definition) is 0.